The molecule has 9 heteroatoms. The first kappa shape index (κ1) is 19.8. The number of halogens is 2. The summed E-state index contributed by atoms with van der Waals surface area (Å²) in [5.41, 5.74) is 2.39. The second kappa shape index (κ2) is 6.94. The highest BCUT2D eigenvalue weighted by Crippen LogP contribution is 2.39. The van der Waals surface area contributed by atoms with Gasteiger partial charge in [-0.2, -0.15) is 0 Å². The fourth-order valence-electron chi connectivity index (χ4n) is 3.98. The highest BCUT2D eigenvalue weighted by molar-refractivity contribution is 5.98. The first-order chi connectivity index (χ1) is 15.3. The fourth-order valence-corrected chi connectivity index (χ4v) is 3.98. The Kier molecular flexibility index (Phi) is 4.30. The molecule has 2 aromatic carbocycles. The van der Waals surface area contributed by atoms with Crippen molar-refractivity contribution in [3.63, 3.8) is 0 Å². The van der Waals surface area contributed by atoms with E-state index in [9.17, 15) is 18.4 Å². The van der Waals surface area contributed by atoms with Gasteiger partial charge in [0, 0.05) is 62.2 Å². The van der Waals surface area contributed by atoms with E-state index in [0.29, 0.717) is 33.1 Å². The van der Waals surface area contributed by atoms with Gasteiger partial charge in [0.2, 0.25) is 0 Å². The molecular formula is C23H18F2N4O3. The molecule has 3 heterocycles. The van der Waals surface area contributed by atoms with Gasteiger partial charge in [0.25, 0.3) is 5.56 Å². The number of hydrogen-bond donors (Lipinski definition) is 1. The summed E-state index contributed by atoms with van der Waals surface area (Å²) >= 11 is 0. The van der Waals surface area contributed by atoms with Crippen molar-refractivity contribution in [2.45, 2.75) is 0 Å². The number of aryl methyl sites for hydroxylation is 3. The quantitative estimate of drug-likeness (QED) is 0.468. The van der Waals surface area contributed by atoms with Crippen LogP contribution >= 0.6 is 0 Å². The lowest BCUT2D eigenvalue weighted by Gasteiger charge is -2.15. The number of rotatable bonds is 3. The van der Waals surface area contributed by atoms with Crippen LogP contribution in [0.25, 0.3) is 33.1 Å². The second-order valence-corrected chi connectivity index (χ2v) is 7.64. The molecule has 0 unspecified atom stereocenters. The number of H-pyrrole nitrogens is 1. The molecule has 3 aromatic heterocycles. The van der Waals surface area contributed by atoms with Gasteiger partial charge in [0.15, 0.2) is 11.6 Å². The van der Waals surface area contributed by atoms with Gasteiger partial charge < -0.3 is 14.3 Å². The van der Waals surface area contributed by atoms with Crippen molar-refractivity contribution < 1.29 is 13.5 Å². The monoisotopic (exact) mass is 436 g/mol. The van der Waals surface area contributed by atoms with E-state index in [1.54, 1.807) is 51.7 Å². The van der Waals surface area contributed by atoms with E-state index in [-0.39, 0.29) is 22.7 Å². The molecule has 0 aliphatic carbocycles. The average molecular weight is 436 g/mol. The maximum atomic E-state index is 14.4. The zero-order chi connectivity index (χ0) is 22.7. The third-order valence-corrected chi connectivity index (χ3v) is 5.67. The molecule has 32 heavy (non-hydrogen) atoms. The summed E-state index contributed by atoms with van der Waals surface area (Å²) in [4.78, 5) is 28.0. The van der Waals surface area contributed by atoms with E-state index in [1.165, 1.54) is 19.8 Å². The Morgan fingerprint density at radius 3 is 2.31 bits per heavy atom. The molecule has 7 nitrogen and oxygen atoms in total. The van der Waals surface area contributed by atoms with Crippen molar-refractivity contribution in [1.82, 2.24) is 18.7 Å². The van der Waals surface area contributed by atoms with Gasteiger partial charge in [-0.1, -0.05) is 0 Å². The number of imidazole rings is 1. The van der Waals surface area contributed by atoms with Gasteiger partial charge in [-0.25, -0.2) is 13.6 Å². The minimum atomic E-state index is -0.856. The maximum Gasteiger partial charge on any atom is 0.328 e. The second-order valence-electron chi connectivity index (χ2n) is 7.64. The molecule has 0 fully saturated rings. The van der Waals surface area contributed by atoms with Crippen LogP contribution in [0.3, 0.4) is 0 Å². The third kappa shape index (κ3) is 2.85. The van der Waals surface area contributed by atoms with Crippen LogP contribution in [0.2, 0.25) is 0 Å². The van der Waals surface area contributed by atoms with Gasteiger partial charge >= 0.3 is 5.69 Å². The summed E-state index contributed by atoms with van der Waals surface area (Å²) < 4.78 is 38.0. The summed E-state index contributed by atoms with van der Waals surface area (Å²) in [7, 11) is 4.91. The SMILES string of the molecule is Cn1cc(-c2cc3c(cc2Oc2ccc(F)cc2F)n(C)c(=O)n3C)c2cc[nH]c2c1=O. The Balaban J connectivity index is 1.85. The number of benzene rings is 2. The van der Waals surface area contributed by atoms with Crippen LogP contribution in [0.5, 0.6) is 11.5 Å². The van der Waals surface area contributed by atoms with Crippen LogP contribution in [-0.4, -0.2) is 18.7 Å². The summed E-state index contributed by atoms with van der Waals surface area (Å²) in [6.45, 7) is 0. The van der Waals surface area contributed by atoms with Gasteiger partial charge in [-0.15, -0.1) is 0 Å². The highest BCUT2D eigenvalue weighted by atomic mass is 19.1. The standard InChI is InChI=1S/C23H18F2N4O3/c1-27-11-15(13-6-7-26-21(13)22(27)30)14-9-17-18(29(3)23(31)28(17)2)10-20(14)32-19-5-4-12(24)8-16(19)25/h4-11,26H,1-3H3. The largest absolute Gasteiger partial charge is 0.454 e. The summed E-state index contributed by atoms with van der Waals surface area (Å²) in [6, 6.07) is 8.21. The van der Waals surface area contributed by atoms with Crippen molar-refractivity contribution in [2.75, 3.05) is 0 Å². The van der Waals surface area contributed by atoms with Crippen LogP contribution in [-0.2, 0) is 21.1 Å². The number of nitrogens with zero attached hydrogens (tertiary/aromatic N) is 3. The van der Waals surface area contributed by atoms with E-state index < -0.39 is 11.6 Å². The zero-order valence-electron chi connectivity index (χ0n) is 17.4. The first-order valence-corrected chi connectivity index (χ1v) is 9.75. The van der Waals surface area contributed by atoms with Gasteiger partial charge in [0.05, 0.1) is 11.0 Å². The van der Waals surface area contributed by atoms with Crippen molar-refractivity contribution in [3.05, 3.63) is 81.3 Å². The maximum absolute atomic E-state index is 14.4. The lowest BCUT2D eigenvalue weighted by molar-refractivity contribution is 0.439. The summed E-state index contributed by atoms with van der Waals surface area (Å²) in [5.74, 6) is -1.48. The molecule has 0 saturated heterocycles. The van der Waals surface area contributed by atoms with Crippen LogP contribution in [0.4, 0.5) is 8.78 Å². The number of nitrogens with one attached hydrogen (secondary N) is 1. The molecule has 0 amide bonds. The number of pyridine rings is 1. The molecule has 0 atom stereocenters. The van der Waals surface area contributed by atoms with Crippen molar-refractivity contribution in [3.8, 4) is 22.6 Å². The molecule has 162 valence electrons. The van der Waals surface area contributed by atoms with E-state index in [2.05, 4.69) is 4.98 Å². The lowest BCUT2D eigenvalue weighted by Crippen LogP contribution is -2.19. The minimum Gasteiger partial charge on any atom is -0.454 e. The van der Waals surface area contributed by atoms with Gasteiger partial charge in [0.1, 0.15) is 17.1 Å². The number of ether oxygens (including phenoxy) is 1. The number of hydrogen-bond acceptors (Lipinski definition) is 3. The van der Waals surface area contributed by atoms with Crippen molar-refractivity contribution in [1.29, 1.82) is 0 Å². The predicted molar refractivity (Wildman–Crippen MR) is 117 cm³/mol. The first-order valence-electron chi connectivity index (χ1n) is 9.75. The molecular weight excluding hydrogens is 418 g/mol. The van der Waals surface area contributed by atoms with Crippen LogP contribution < -0.4 is 16.0 Å². The molecule has 0 aliphatic rings. The average Bonchev–Trinajstić information content (AvgIpc) is 3.33. The van der Waals surface area contributed by atoms with Crippen LogP contribution in [0, 0.1) is 11.6 Å². The van der Waals surface area contributed by atoms with E-state index in [1.807, 2.05) is 0 Å². The zero-order valence-corrected chi connectivity index (χ0v) is 17.4. The van der Waals surface area contributed by atoms with Gasteiger partial charge in [-0.3, -0.25) is 13.9 Å². The molecule has 0 aliphatic heterocycles. The third-order valence-electron chi connectivity index (χ3n) is 5.67. The van der Waals surface area contributed by atoms with E-state index in [0.717, 1.165) is 12.1 Å². The number of aromatic nitrogens is 4. The summed E-state index contributed by atoms with van der Waals surface area (Å²) in [6.07, 6.45) is 3.32. The molecule has 5 aromatic rings. The van der Waals surface area contributed by atoms with E-state index >= 15 is 0 Å². The van der Waals surface area contributed by atoms with E-state index in [4.69, 9.17) is 4.74 Å². The molecule has 1 N–H and O–H groups in total. The predicted octanol–water partition coefficient (Wildman–Crippen LogP) is 3.79. The smallest absolute Gasteiger partial charge is 0.328 e. The Labute approximate surface area is 179 Å². The van der Waals surface area contributed by atoms with Crippen LogP contribution in [0.1, 0.15) is 0 Å². The Hall–Kier alpha value is -4.14. The van der Waals surface area contributed by atoms with Gasteiger partial charge in [-0.05, 0) is 24.3 Å². The topological polar surface area (TPSA) is 73.9 Å². The molecule has 0 saturated carbocycles. The minimum absolute atomic E-state index is 0.164. The molecule has 0 bridgehead atoms. The normalized spacial score (nSPS) is 11.5. The van der Waals surface area contributed by atoms with Crippen LogP contribution in [0.15, 0.2) is 58.4 Å². The van der Waals surface area contributed by atoms with Crippen molar-refractivity contribution in [2.24, 2.45) is 21.1 Å². The molecule has 0 radical (unpaired) electrons. The molecule has 0 spiro atoms. The summed E-state index contributed by atoms with van der Waals surface area (Å²) in [5, 5.41) is 0.651. The Morgan fingerprint density at radius 2 is 1.59 bits per heavy atom. The highest BCUT2D eigenvalue weighted by Gasteiger charge is 2.20. The lowest BCUT2D eigenvalue weighted by atomic mass is 10.0. The number of fused-ring (bicyclic) bond motifs is 2. The van der Waals surface area contributed by atoms with Crippen molar-refractivity contribution >= 4 is 21.9 Å². The fraction of sp³-hybridized carbons (Fsp3) is 0.130. The Morgan fingerprint density at radius 1 is 0.875 bits per heavy atom. The Bertz CT molecular complexity index is 1660. The molecule has 5 rings (SSSR count). The number of aromatic amines is 1.